The number of para-hydroxylation sites is 1. The van der Waals surface area contributed by atoms with Crippen LogP contribution in [0.25, 0.3) is 0 Å². The molecule has 0 aliphatic rings. The average molecular weight is 294 g/mol. The summed E-state index contributed by atoms with van der Waals surface area (Å²) in [7, 11) is 0. The Morgan fingerprint density at radius 1 is 0.952 bits per heavy atom. The molecule has 0 amide bonds. The first kappa shape index (κ1) is 15.1. The van der Waals surface area contributed by atoms with E-state index in [1.807, 2.05) is 30.3 Å². The number of hydrogen-bond donors (Lipinski definition) is 0. The third-order valence-electron chi connectivity index (χ3n) is 2.88. The molecule has 0 saturated heterocycles. The Morgan fingerprint density at radius 3 is 2.24 bits per heavy atom. The zero-order valence-corrected chi connectivity index (χ0v) is 11.1. The van der Waals surface area contributed by atoms with Crippen LogP contribution in [0.5, 0.6) is 5.75 Å². The van der Waals surface area contributed by atoms with Gasteiger partial charge in [0.25, 0.3) is 0 Å². The van der Waals surface area contributed by atoms with Crippen LogP contribution in [0, 0.1) is 0 Å². The number of halogens is 3. The topological polar surface area (TPSA) is 26.3 Å². The van der Waals surface area contributed by atoms with Crippen LogP contribution >= 0.6 is 0 Å². The number of alkyl halides is 3. The molecule has 110 valence electrons. The van der Waals surface area contributed by atoms with Crippen molar-refractivity contribution in [1.82, 2.24) is 0 Å². The Morgan fingerprint density at radius 2 is 1.57 bits per heavy atom. The van der Waals surface area contributed by atoms with Gasteiger partial charge in [-0.3, -0.25) is 4.79 Å². The lowest BCUT2D eigenvalue weighted by Gasteiger charge is -2.12. The molecule has 0 fully saturated rings. The van der Waals surface area contributed by atoms with Gasteiger partial charge in [-0.05, 0) is 24.1 Å². The third kappa shape index (κ3) is 4.34. The van der Waals surface area contributed by atoms with E-state index in [1.165, 1.54) is 12.1 Å². The lowest BCUT2D eigenvalue weighted by Crippen LogP contribution is -2.14. The summed E-state index contributed by atoms with van der Waals surface area (Å²) in [6, 6.07) is 13.9. The van der Waals surface area contributed by atoms with Gasteiger partial charge in [-0.2, -0.15) is 13.2 Å². The summed E-state index contributed by atoms with van der Waals surface area (Å²) in [5.74, 6) is -1.14. The lowest BCUT2D eigenvalue weighted by molar-refractivity contribution is -0.142. The number of ether oxygens (including phenoxy) is 1. The first-order valence-electron chi connectivity index (χ1n) is 6.37. The van der Waals surface area contributed by atoms with Crippen LogP contribution in [0.4, 0.5) is 13.2 Å². The van der Waals surface area contributed by atoms with Gasteiger partial charge < -0.3 is 4.74 Å². The molecule has 0 aromatic heterocycles. The zero-order chi connectivity index (χ0) is 15.3. The van der Waals surface area contributed by atoms with Gasteiger partial charge in [0.1, 0.15) is 5.75 Å². The van der Waals surface area contributed by atoms with Crippen molar-refractivity contribution in [2.45, 2.75) is 19.0 Å². The molecule has 2 rings (SSSR count). The number of hydrogen-bond acceptors (Lipinski definition) is 2. The van der Waals surface area contributed by atoms with Crippen molar-refractivity contribution in [3.8, 4) is 5.75 Å². The fourth-order valence-corrected chi connectivity index (χ4v) is 1.85. The highest BCUT2D eigenvalue weighted by Gasteiger charge is 2.34. The minimum Gasteiger partial charge on any atom is -0.426 e. The van der Waals surface area contributed by atoms with Gasteiger partial charge in [0.15, 0.2) is 0 Å². The minimum absolute atomic E-state index is 0.0240. The van der Waals surface area contributed by atoms with Crippen molar-refractivity contribution in [3.63, 3.8) is 0 Å². The van der Waals surface area contributed by atoms with Crippen LogP contribution in [0.3, 0.4) is 0 Å². The van der Waals surface area contributed by atoms with Crippen molar-refractivity contribution >= 4 is 5.97 Å². The number of carbonyl (C=O) groups is 1. The smallest absolute Gasteiger partial charge is 0.419 e. The number of carbonyl (C=O) groups excluding carboxylic acids is 1. The molecule has 0 bridgehead atoms. The summed E-state index contributed by atoms with van der Waals surface area (Å²) >= 11 is 0. The molecule has 0 spiro atoms. The van der Waals surface area contributed by atoms with Gasteiger partial charge in [0.2, 0.25) is 0 Å². The fourth-order valence-electron chi connectivity index (χ4n) is 1.85. The monoisotopic (exact) mass is 294 g/mol. The summed E-state index contributed by atoms with van der Waals surface area (Å²) in [6.45, 7) is 0. The second-order valence-corrected chi connectivity index (χ2v) is 4.45. The quantitative estimate of drug-likeness (QED) is 0.622. The lowest BCUT2D eigenvalue weighted by atomic mass is 10.1. The van der Waals surface area contributed by atoms with Crippen LogP contribution in [-0.4, -0.2) is 5.97 Å². The highest BCUT2D eigenvalue weighted by Crippen LogP contribution is 2.36. The van der Waals surface area contributed by atoms with E-state index in [0.717, 1.165) is 17.7 Å². The van der Waals surface area contributed by atoms with Gasteiger partial charge in [0, 0.05) is 6.42 Å². The van der Waals surface area contributed by atoms with Gasteiger partial charge in [-0.15, -0.1) is 0 Å². The van der Waals surface area contributed by atoms with Crippen LogP contribution in [0.2, 0.25) is 0 Å². The molecular formula is C16H13F3O2. The third-order valence-corrected chi connectivity index (χ3v) is 2.88. The van der Waals surface area contributed by atoms with Gasteiger partial charge in [-0.1, -0.05) is 42.5 Å². The van der Waals surface area contributed by atoms with Gasteiger partial charge in [0.05, 0.1) is 5.56 Å². The molecule has 2 aromatic rings. The van der Waals surface area contributed by atoms with Gasteiger partial charge >= 0.3 is 12.1 Å². The number of benzene rings is 2. The predicted molar refractivity (Wildman–Crippen MR) is 71.8 cm³/mol. The first-order chi connectivity index (χ1) is 9.97. The number of aryl methyl sites for hydroxylation is 1. The van der Waals surface area contributed by atoms with E-state index < -0.39 is 23.5 Å². The molecule has 2 aromatic carbocycles. The van der Waals surface area contributed by atoms with E-state index in [2.05, 4.69) is 0 Å². The Bertz CT molecular complexity index is 606. The van der Waals surface area contributed by atoms with Crippen molar-refractivity contribution in [2.75, 3.05) is 0 Å². The molecule has 0 atom stereocenters. The summed E-state index contributed by atoms with van der Waals surface area (Å²) in [6.07, 6.45) is -4.10. The molecule has 0 N–H and O–H groups in total. The van der Waals surface area contributed by atoms with Crippen molar-refractivity contribution in [1.29, 1.82) is 0 Å². The van der Waals surface area contributed by atoms with Crippen LogP contribution < -0.4 is 4.74 Å². The zero-order valence-electron chi connectivity index (χ0n) is 11.1. The SMILES string of the molecule is O=C(CCc1ccccc1)Oc1ccccc1C(F)(F)F. The van der Waals surface area contributed by atoms with Crippen molar-refractivity contribution in [3.05, 3.63) is 65.7 Å². The predicted octanol–water partition coefficient (Wildman–Crippen LogP) is 4.24. The molecule has 0 unspecified atom stereocenters. The highest BCUT2D eigenvalue weighted by atomic mass is 19.4. The van der Waals surface area contributed by atoms with E-state index in [4.69, 9.17) is 4.74 Å². The molecule has 0 saturated carbocycles. The maximum Gasteiger partial charge on any atom is 0.419 e. The molecule has 0 heterocycles. The molecular weight excluding hydrogens is 281 g/mol. The molecule has 5 heteroatoms. The van der Waals surface area contributed by atoms with E-state index in [0.29, 0.717) is 6.42 Å². The summed E-state index contributed by atoms with van der Waals surface area (Å²) in [4.78, 5) is 11.7. The molecule has 0 aliphatic carbocycles. The van der Waals surface area contributed by atoms with Crippen LogP contribution in [0.15, 0.2) is 54.6 Å². The van der Waals surface area contributed by atoms with Crippen LogP contribution in [-0.2, 0) is 17.4 Å². The van der Waals surface area contributed by atoms with E-state index in [1.54, 1.807) is 0 Å². The standard InChI is InChI=1S/C16H13F3O2/c17-16(18,19)13-8-4-5-9-14(13)21-15(20)11-10-12-6-2-1-3-7-12/h1-9H,10-11H2. The maximum absolute atomic E-state index is 12.8. The van der Waals surface area contributed by atoms with Crippen molar-refractivity contribution in [2.24, 2.45) is 0 Å². The largest absolute Gasteiger partial charge is 0.426 e. The van der Waals surface area contributed by atoms with E-state index in [-0.39, 0.29) is 6.42 Å². The van der Waals surface area contributed by atoms with Crippen LogP contribution in [0.1, 0.15) is 17.5 Å². The first-order valence-corrected chi connectivity index (χ1v) is 6.37. The second-order valence-electron chi connectivity index (χ2n) is 4.45. The molecule has 21 heavy (non-hydrogen) atoms. The van der Waals surface area contributed by atoms with E-state index in [9.17, 15) is 18.0 Å². The van der Waals surface area contributed by atoms with Crippen molar-refractivity contribution < 1.29 is 22.7 Å². The second kappa shape index (κ2) is 6.43. The van der Waals surface area contributed by atoms with E-state index >= 15 is 0 Å². The minimum atomic E-state index is -4.55. The fraction of sp³-hybridized carbons (Fsp3) is 0.188. The highest BCUT2D eigenvalue weighted by molar-refractivity contribution is 5.73. The Labute approximate surface area is 120 Å². The van der Waals surface area contributed by atoms with Gasteiger partial charge in [-0.25, -0.2) is 0 Å². The number of rotatable bonds is 4. The summed E-state index contributed by atoms with van der Waals surface area (Å²) in [5.41, 5.74) is -0.0170. The normalized spacial score (nSPS) is 11.2. The Kier molecular flexibility index (Phi) is 4.62. The Balaban J connectivity index is 2.00. The average Bonchev–Trinajstić information content (AvgIpc) is 2.46. The maximum atomic E-state index is 12.8. The molecule has 2 nitrogen and oxygen atoms in total. The Hall–Kier alpha value is -2.30. The molecule has 0 aliphatic heterocycles. The molecule has 0 radical (unpaired) electrons. The summed E-state index contributed by atoms with van der Waals surface area (Å²) in [5, 5.41) is 0. The summed E-state index contributed by atoms with van der Waals surface area (Å²) < 4.78 is 43.1. The number of esters is 1.